The van der Waals surface area contributed by atoms with Gasteiger partial charge in [0.05, 0.1) is 0 Å². The minimum absolute atomic E-state index is 0.0490. The van der Waals surface area contributed by atoms with Crippen molar-refractivity contribution in [2.75, 3.05) is 0 Å². The van der Waals surface area contributed by atoms with E-state index in [0.29, 0.717) is 0 Å². The van der Waals surface area contributed by atoms with Crippen LogP contribution in [0.1, 0.15) is 26.2 Å². The standard InChI is InChI=1S/C8H11NO2/c1-5(10)7(11)9-8-2-6(3-8)4-8/h6H,2-4H2,1H3,(H,9,11). The van der Waals surface area contributed by atoms with Crippen molar-refractivity contribution in [3.8, 4) is 0 Å². The molecule has 3 aliphatic rings. The Bertz CT molecular complexity index is 217. The van der Waals surface area contributed by atoms with Gasteiger partial charge in [0.25, 0.3) is 5.91 Å². The third-order valence-electron chi connectivity index (χ3n) is 2.74. The lowest BCUT2D eigenvalue weighted by atomic mass is 9.50. The zero-order valence-corrected chi connectivity index (χ0v) is 6.52. The zero-order valence-electron chi connectivity index (χ0n) is 6.52. The molecular formula is C8H11NO2. The summed E-state index contributed by atoms with van der Waals surface area (Å²) < 4.78 is 0. The summed E-state index contributed by atoms with van der Waals surface area (Å²) in [5, 5.41) is 2.77. The molecule has 2 bridgehead atoms. The summed E-state index contributed by atoms with van der Waals surface area (Å²) >= 11 is 0. The minimum atomic E-state index is -0.414. The number of hydrogen-bond acceptors (Lipinski definition) is 2. The molecule has 0 spiro atoms. The van der Waals surface area contributed by atoms with E-state index in [4.69, 9.17) is 0 Å². The molecule has 0 aromatic heterocycles. The second-order valence-electron chi connectivity index (χ2n) is 3.77. The molecule has 3 aliphatic carbocycles. The summed E-state index contributed by atoms with van der Waals surface area (Å²) in [5.74, 6) is 0.0418. The molecule has 60 valence electrons. The largest absolute Gasteiger partial charge is 0.344 e. The molecule has 3 saturated carbocycles. The van der Waals surface area contributed by atoms with Crippen LogP contribution in [0.15, 0.2) is 0 Å². The van der Waals surface area contributed by atoms with Crippen LogP contribution in [0.3, 0.4) is 0 Å². The zero-order chi connectivity index (χ0) is 8.06. The first-order chi connectivity index (χ1) is 5.11. The molecule has 0 radical (unpaired) electrons. The monoisotopic (exact) mass is 153 g/mol. The van der Waals surface area contributed by atoms with Gasteiger partial charge in [-0.05, 0) is 25.2 Å². The summed E-state index contributed by atoms with van der Waals surface area (Å²) in [6.07, 6.45) is 3.27. The van der Waals surface area contributed by atoms with Crippen molar-refractivity contribution >= 4 is 11.7 Å². The van der Waals surface area contributed by atoms with Gasteiger partial charge in [-0.1, -0.05) is 0 Å². The van der Waals surface area contributed by atoms with Crippen LogP contribution in [-0.2, 0) is 9.59 Å². The van der Waals surface area contributed by atoms with E-state index < -0.39 is 5.91 Å². The highest BCUT2D eigenvalue weighted by molar-refractivity contribution is 6.35. The Balaban J connectivity index is 1.90. The average molecular weight is 153 g/mol. The SMILES string of the molecule is CC(=O)C(=O)NC12CC(C1)C2. The number of rotatable bonds is 2. The van der Waals surface area contributed by atoms with Crippen molar-refractivity contribution < 1.29 is 9.59 Å². The fourth-order valence-corrected chi connectivity index (χ4v) is 1.96. The van der Waals surface area contributed by atoms with Gasteiger partial charge in [0.2, 0.25) is 5.78 Å². The maximum Gasteiger partial charge on any atom is 0.287 e. The van der Waals surface area contributed by atoms with Gasteiger partial charge < -0.3 is 5.32 Å². The molecule has 1 amide bonds. The number of hydrogen-bond donors (Lipinski definition) is 1. The van der Waals surface area contributed by atoms with Gasteiger partial charge in [0, 0.05) is 12.5 Å². The minimum Gasteiger partial charge on any atom is -0.344 e. The Morgan fingerprint density at radius 3 is 2.18 bits per heavy atom. The van der Waals surface area contributed by atoms with E-state index in [2.05, 4.69) is 5.32 Å². The van der Waals surface area contributed by atoms with E-state index in [1.165, 1.54) is 6.92 Å². The predicted octanol–water partition coefficient (Wildman–Crippen LogP) is 0.244. The molecule has 0 aromatic rings. The number of nitrogens with one attached hydrogen (secondary N) is 1. The molecular weight excluding hydrogens is 142 g/mol. The van der Waals surface area contributed by atoms with E-state index in [1.54, 1.807) is 0 Å². The van der Waals surface area contributed by atoms with Crippen LogP contribution in [0, 0.1) is 5.92 Å². The van der Waals surface area contributed by atoms with Crippen molar-refractivity contribution in [2.45, 2.75) is 31.7 Å². The van der Waals surface area contributed by atoms with Gasteiger partial charge in [-0.2, -0.15) is 0 Å². The Labute approximate surface area is 65.2 Å². The number of carbonyl (C=O) groups excluding carboxylic acids is 2. The Morgan fingerprint density at radius 2 is 1.91 bits per heavy atom. The van der Waals surface area contributed by atoms with Crippen LogP contribution in [0.4, 0.5) is 0 Å². The molecule has 0 atom stereocenters. The lowest BCUT2D eigenvalue weighted by Crippen LogP contribution is -2.68. The molecule has 0 aliphatic heterocycles. The van der Waals surface area contributed by atoms with E-state index in [1.807, 2.05) is 0 Å². The van der Waals surface area contributed by atoms with Crippen LogP contribution in [0.5, 0.6) is 0 Å². The van der Waals surface area contributed by atoms with E-state index in [9.17, 15) is 9.59 Å². The van der Waals surface area contributed by atoms with Crippen LogP contribution in [0.25, 0.3) is 0 Å². The van der Waals surface area contributed by atoms with Gasteiger partial charge in [0.15, 0.2) is 0 Å². The number of Topliss-reactive ketones (excluding diaryl/α,β-unsaturated/α-hetero) is 1. The molecule has 0 saturated heterocycles. The summed E-state index contributed by atoms with van der Waals surface area (Å²) in [6, 6.07) is 0. The van der Waals surface area contributed by atoms with Crippen molar-refractivity contribution in [3.05, 3.63) is 0 Å². The molecule has 3 nitrogen and oxygen atoms in total. The summed E-state index contributed by atoms with van der Waals surface area (Å²) in [5.41, 5.74) is 0.0490. The first-order valence-electron chi connectivity index (χ1n) is 3.94. The Hall–Kier alpha value is -0.860. The molecule has 3 fully saturated rings. The lowest BCUT2D eigenvalue weighted by Gasteiger charge is -2.61. The molecule has 1 N–H and O–H groups in total. The topological polar surface area (TPSA) is 46.2 Å². The normalized spacial score (nSPS) is 38.5. The van der Waals surface area contributed by atoms with Gasteiger partial charge in [0.1, 0.15) is 0 Å². The van der Waals surface area contributed by atoms with Gasteiger partial charge in [-0.15, -0.1) is 0 Å². The molecule has 3 heteroatoms. The van der Waals surface area contributed by atoms with Gasteiger partial charge in [-0.25, -0.2) is 0 Å². The van der Waals surface area contributed by atoms with Crippen LogP contribution < -0.4 is 5.32 Å². The second kappa shape index (κ2) is 1.84. The van der Waals surface area contributed by atoms with Crippen LogP contribution >= 0.6 is 0 Å². The molecule has 3 rings (SSSR count). The van der Waals surface area contributed by atoms with Crippen molar-refractivity contribution in [1.82, 2.24) is 5.32 Å². The van der Waals surface area contributed by atoms with E-state index in [0.717, 1.165) is 25.2 Å². The third-order valence-corrected chi connectivity index (χ3v) is 2.74. The Morgan fingerprint density at radius 1 is 1.36 bits per heavy atom. The first kappa shape index (κ1) is 6.83. The fraction of sp³-hybridized carbons (Fsp3) is 0.750. The van der Waals surface area contributed by atoms with E-state index >= 15 is 0 Å². The number of ketones is 1. The predicted molar refractivity (Wildman–Crippen MR) is 38.9 cm³/mol. The van der Waals surface area contributed by atoms with Gasteiger partial charge >= 0.3 is 0 Å². The van der Waals surface area contributed by atoms with Crippen molar-refractivity contribution in [2.24, 2.45) is 5.92 Å². The summed E-state index contributed by atoms with van der Waals surface area (Å²) in [4.78, 5) is 21.5. The van der Waals surface area contributed by atoms with Gasteiger partial charge in [-0.3, -0.25) is 9.59 Å². The quantitative estimate of drug-likeness (QED) is 0.578. The van der Waals surface area contributed by atoms with Crippen molar-refractivity contribution in [3.63, 3.8) is 0 Å². The van der Waals surface area contributed by atoms with Crippen molar-refractivity contribution in [1.29, 1.82) is 0 Å². The lowest BCUT2D eigenvalue weighted by molar-refractivity contribution is -0.143. The van der Waals surface area contributed by atoms with Crippen LogP contribution in [0.2, 0.25) is 0 Å². The second-order valence-corrected chi connectivity index (χ2v) is 3.77. The number of carbonyl (C=O) groups is 2. The highest BCUT2D eigenvalue weighted by Gasteiger charge is 2.57. The highest BCUT2D eigenvalue weighted by atomic mass is 16.2. The number of amides is 1. The summed E-state index contributed by atoms with van der Waals surface area (Å²) in [6.45, 7) is 1.31. The molecule has 0 unspecified atom stereocenters. The Kier molecular flexibility index (Phi) is 1.14. The molecule has 0 heterocycles. The fourth-order valence-electron chi connectivity index (χ4n) is 1.96. The highest BCUT2D eigenvalue weighted by Crippen LogP contribution is 2.56. The molecule has 0 aromatic carbocycles. The van der Waals surface area contributed by atoms with E-state index in [-0.39, 0.29) is 11.3 Å². The smallest absolute Gasteiger partial charge is 0.287 e. The maximum absolute atomic E-state index is 10.9. The average Bonchev–Trinajstić information content (AvgIpc) is 1.74. The first-order valence-corrected chi connectivity index (χ1v) is 3.94. The van der Waals surface area contributed by atoms with Crippen LogP contribution in [-0.4, -0.2) is 17.2 Å². The molecule has 11 heavy (non-hydrogen) atoms. The maximum atomic E-state index is 10.9. The summed E-state index contributed by atoms with van der Waals surface area (Å²) in [7, 11) is 0. The third kappa shape index (κ3) is 0.870.